The van der Waals surface area contributed by atoms with Gasteiger partial charge in [0.25, 0.3) is 5.91 Å². The summed E-state index contributed by atoms with van der Waals surface area (Å²) < 4.78 is 25.5. The number of sulfonamides is 1. The second-order valence-electron chi connectivity index (χ2n) is 5.60. The van der Waals surface area contributed by atoms with Crippen molar-refractivity contribution in [1.82, 2.24) is 5.32 Å². The Labute approximate surface area is 148 Å². The predicted octanol–water partition coefficient (Wildman–Crippen LogP) is 2.31. The van der Waals surface area contributed by atoms with Gasteiger partial charge in [0.1, 0.15) is 0 Å². The fraction of sp³-hybridized carbons (Fsp3) is 0.278. The smallest absolute Gasteiger partial charge is 0.251 e. The van der Waals surface area contributed by atoms with Crippen molar-refractivity contribution in [2.45, 2.75) is 6.92 Å². The van der Waals surface area contributed by atoms with Crippen LogP contribution in [0.4, 0.5) is 11.4 Å². The molecule has 0 unspecified atom stereocenters. The molecular weight excluding hydrogens is 338 g/mol. The van der Waals surface area contributed by atoms with Crippen LogP contribution in [-0.4, -0.2) is 40.2 Å². The zero-order valence-electron chi connectivity index (χ0n) is 14.4. The lowest BCUT2D eigenvalue weighted by Crippen LogP contribution is -2.32. The number of benzene rings is 2. The van der Waals surface area contributed by atoms with Gasteiger partial charge in [0.2, 0.25) is 10.0 Å². The molecule has 0 saturated heterocycles. The summed E-state index contributed by atoms with van der Waals surface area (Å²) in [7, 11) is -1.34. The molecule has 0 aromatic heterocycles. The van der Waals surface area contributed by atoms with E-state index in [0.717, 1.165) is 5.69 Å². The van der Waals surface area contributed by atoms with Crippen LogP contribution in [0.1, 0.15) is 17.3 Å². The van der Waals surface area contributed by atoms with E-state index < -0.39 is 10.0 Å². The Hall–Kier alpha value is -2.54. The van der Waals surface area contributed by atoms with Gasteiger partial charge in [-0.15, -0.1) is 0 Å². The number of hydrogen-bond acceptors (Lipinski definition) is 4. The van der Waals surface area contributed by atoms with Crippen LogP contribution in [0.2, 0.25) is 0 Å². The summed E-state index contributed by atoms with van der Waals surface area (Å²) in [6.07, 6.45) is 0. The zero-order valence-corrected chi connectivity index (χ0v) is 15.2. The third-order valence-electron chi connectivity index (χ3n) is 3.73. The summed E-state index contributed by atoms with van der Waals surface area (Å²) in [4.78, 5) is 14.2. The van der Waals surface area contributed by atoms with E-state index in [-0.39, 0.29) is 11.7 Å². The molecule has 0 saturated carbocycles. The molecule has 134 valence electrons. The van der Waals surface area contributed by atoms with E-state index in [4.69, 9.17) is 0 Å². The minimum absolute atomic E-state index is 0.00414. The van der Waals surface area contributed by atoms with Crippen molar-refractivity contribution in [2.24, 2.45) is 0 Å². The van der Waals surface area contributed by atoms with E-state index in [1.54, 1.807) is 31.2 Å². The molecule has 2 aromatic rings. The minimum Gasteiger partial charge on any atom is -0.373 e. The van der Waals surface area contributed by atoms with Crippen LogP contribution in [0.5, 0.6) is 0 Å². The van der Waals surface area contributed by atoms with Crippen molar-refractivity contribution in [2.75, 3.05) is 35.5 Å². The Kier molecular flexibility index (Phi) is 6.41. The first-order valence-electron chi connectivity index (χ1n) is 8.06. The minimum atomic E-state index is -3.31. The molecule has 0 bridgehead atoms. The van der Waals surface area contributed by atoms with Crippen LogP contribution in [-0.2, 0) is 10.0 Å². The number of likely N-dealkylation sites (N-methyl/N-ethyl adjacent to an activating group) is 1. The number of hydrogen-bond donors (Lipinski definition) is 2. The normalized spacial score (nSPS) is 11.0. The Morgan fingerprint density at radius 2 is 1.68 bits per heavy atom. The van der Waals surface area contributed by atoms with E-state index >= 15 is 0 Å². The average molecular weight is 361 g/mol. The number of amides is 1. The molecule has 0 aliphatic carbocycles. The largest absolute Gasteiger partial charge is 0.373 e. The number of nitrogens with one attached hydrogen (secondary N) is 2. The van der Waals surface area contributed by atoms with Gasteiger partial charge in [-0.3, -0.25) is 9.52 Å². The second kappa shape index (κ2) is 8.53. The molecule has 25 heavy (non-hydrogen) atoms. The molecule has 2 aromatic carbocycles. The molecule has 0 atom stereocenters. The Balaban J connectivity index is 1.85. The van der Waals surface area contributed by atoms with Gasteiger partial charge in [-0.2, -0.15) is 0 Å². The van der Waals surface area contributed by atoms with Gasteiger partial charge in [0, 0.05) is 37.1 Å². The highest BCUT2D eigenvalue weighted by molar-refractivity contribution is 7.92. The molecule has 0 aliphatic rings. The van der Waals surface area contributed by atoms with Gasteiger partial charge >= 0.3 is 0 Å². The molecule has 0 aliphatic heterocycles. The quantitative estimate of drug-likeness (QED) is 0.756. The molecule has 1 amide bonds. The lowest BCUT2D eigenvalue weighted by Gasteiger charge is -2.19. The number of para-hydroxylation sites is 1. The first-order valence-corrected chi connectivity index (χ1v) is 9.71. The van der Waals surface area contributed by atoms with Crippen LogP contribution in [0, 0.1) is 0 Å². The molecule has 7 heteroatoms. The van der Waals surface area contributed by atoms with Crippen molar-refractivity contribution >= 4 is 27.3 Å². The highest BCUT2D eigenvalue weighted by atomic mass is 32.2. The Bertz CT molecular complexity index is 790. The highest BCUT2D eigenvalue weighted by Gasteiger charge is 2.09. The summed E-state index contributed by atoms with van der Waals surface area (Å²) in [6, 6.07) is 16.3. The summed E-state index contributed by atoms with van der Waals surface area (Å²) >= 11 is 0. The van der Waals surface area contributed by atoms with Gasteiger partial charge < -0.3 is 10.2 Å². The summed E-state index contributed by atoms with van der Waals surface area (Å²) in [5.74, 6) is -0.184. The molecule has 0 heterocycles. The second-order valence-corrected chi connectivity index (χ2v) is 7.61. The molecule has 2 rings (SSSR count). The zero-order chi connectivity index (χ0) is 18.3. The van der Waals surface area contributed by atoms with Crippen molar-refractivity contribution in [3.05, 3.63) is 60.2 Å². The molecule has 0 fully saturated rings. The predicted molar refractivity (Wildman–Crippen MR) is 102 cm³/mol. The van der Waals surface area contributed by atoms with Gasteiger partial charge in [-0.25, -0.2) is 8.42 Å². The molecule has 0 radical (unpaired) electrons. The van der Waals surface area contributed by atoms with Crippen molar-refractivity contribution in [3.63, 3.8) is 0 Å². The summed E-state index contributed by atoms with van der Waals surface area (Å²) in [6.45, 7) is 2.76. The fourth-order valence-corrected chi connectivity index (χ4v) is 2.83. The molecular formula is C18H23N3O3S. The lowest BCUT2D eigenvalue weighted by atomic mass is 10.2. The maximum Gasteiger partial charge on any atom is 0.251 e. The SMILES string of the molecule is CCS(=O)(=O)Nc1ccc(C(=O)NCCN(C)c2ccccc2)cc1. The van der Waals surface area contributed by atoms with Gasteiger partial charge in [0.05, 0.1) is 5.75 Å². The van der Waals surface area contributed by atoms with Crippen LogP contribution in [0.15, 0.2) is 54.6 Å². The van der Waals surface area contributed by atoms with Crippen LogP contribution >= 0.6 is 0 Å². The topological polar surface area (TPSA) is 78.5 Å². The molecule has 2 N–H and O–H groups in total. The van der Waals surface area contributed by atoms with Crippen LogP contribution in [0.25, 0.3) is 0 Å². The molecule has 6 nitrogen and oxygen atoms in total. The van der Waals surface area contributed by atoms with Crippen molar-refractivity contribution < 1.29 is 13.2 Å². The van der Waals surface area contributed by atoms with E-state index in [9.17, 15) is 13.2 Å². The third-order valence-corrected chi connectivity index (χ3v) is 5.04. The maximum absolute atomic E-state index is 12.1. The van der Waals surface area contributed by atoms with Gasteiger partial charge in [-0.1, -0.05) is 18.2 Å². The maximum atomic E-state index is 12.1. The van der Waals surface area contributed by atoms with Gasteiger partial charge in [0.15, 0.2) is 0 Å². The number of nitrogens with zero attached hydrogens (tertiary/aromatic N) is 1. The van der Waals surface area contributed by atoms with E-state index in [2.05, 4.69) is 14.9 Å². The number of carbonyl (C=O) groups excluding carboxylic acids is 1. The van der Waals surface area contributed by atoms with Crippen molar-refractivity contribution in [1.29, 1.82) is 0 Å². The van der Waals surface area contributed by atoms with E-state index in [1.165, 1.54) is 0 Å². The van der Waals surface area contributed by atoms with Crippen LogP contribution < -0.4 is 14.9 Å². The first kappa shape index (κ1) is 18.8. The number of carbonyl (C=O) groups is 1. The monoisotopic (exact) mass is 361 g/mol. The Morgan fingerprint density at radius 3 is 2.28 bits per heavy atom. The lowest BCUT2D eigenvalue weighted by molar-refractivity contribution is 0.0955. The summed E-state index contributed by atoms with van der Waals surface area (Å²) in [5, 5.41) is 2.86. The summed E-state index contributed by atoms with van der Waals surface area (Å²) in [5.41, 5.74) is 2.02. The van der Waals surface area contributed by atoms with Gasteiger partial charge in [-0.05, 0) is 43.3 Å². The first-order chi connectivity index (χ1) is 11.9. The molecule has 0 spiro atoms. The number of rotatable bonds is 8. The fourth-order valence-electron chi connectivity index (χ4n) is 2.19. The van der Waals surface area contributed by atoms with E-state index in [1.807, 2.05) is 37.4 Å². The van der Waals surface area contributed by atoms with Crippen molar-refractivity contribution in [3.8, 4) is 0 Å². The third kappa shape index (κ3) is 5.79. The highest BCUT2D eigenvalue weighted by Crippen LogP contribution is 2.12. The Morgan fingerprint density at radius 1 is 1.04 bits per heavy atom. The average Bonchev–Trinajstić information content (AvgIpc) is 2.62. The standard InChI is InChI=1S/C18H23N3O3S/c1-3-25(23,24)20-16-11-9-15(10-12-16)18(22)19-13-14-21(2)17-7-5-4-6-8-17/h4-12,20H,3,13-14H2,1-2H3,(H,19,22). The number of anilines is 2. The van der Waals surface area contributed by atoms with E-state index in [0.29, 0.717) is 24.3 Å². The van der Waals surface area contributed by atoms with Crippen LogP contribution in [0.3, 0.4) is 0 Å².